The number of anilines is 1. The van der Waals surface area contributed by atoms with Gasteiger partial charge in [-0.3, -0.25) is 14.9 Å². The molecule has 3 aromatic rings. The number of ether oxygens (including phenoxy) is 1. The Labute approximate surface area is 180 Å². The number of nitro benzene ring substituents is 1. The highest BCUT2D eigenvalue weighted by molar-refractivity contribution is 6.02. The van der Waals surface area contributed by atoms with E-state index in [0.29, 0.717) is 17.0 Å². The Bertz CT molecular complexity index is 1130. The summed E-state index contributed by atoms with van der Waals surface area (Å²) in [6.45, 7) is 6.28. The van der Waals surface area contributed by atoms with E-state index in [-0.39, 0.29) is 17.0 Å². The zero-order valence-electron chi connectivity index (χ0n) is 17.5. The number of benzene rings is 2. The Kier molecular flexibility index (Phi) is 6.45. The summed E-state index contributed by atoms with van der Waals surface area (Å²) in [6.07, 6.45) is 4.40. The standard InChI is InChI=1S/C24H23N3O4/c1-24(2,3)19-10-4-5-12-21(19)31-23-20(11-7-15-25-23)26-22(28)14-13-17-8-6-9-18(16-17)27(29)30/h4-16H,1-3H3,(H,26,28). The summed E-state index contributed by atoms with van der Waals surface area (Å²) in [5.41, 5.74) is 1.81. The van der Waals surface area contributed by atoms with Gasteiger partial charge in [0.1, 0.15) is 11.4 Å². The van der Waals surface area contributed by atoms with Gasteiger partial charge in [0.25, 0.3) is 5.69 Å². The molecule has 0 unspecified atom stereocenters. The van der Waals surface area contributed by atoms with Crippen LogP contribution in [0.1, 0.15) is 31.9 Å². The summed E-state index contributed by atoms with van der Waals surface area (Å²) < 4.78 is 6.05. The van der Waals surface area contributed by atoms with Gasteiger partial charge in [0, 0.05) is 30.0 Å². The summed E-state index contributed by atoms with van der Waals surface area (Å²) in [5.74, 6) is 0.529. The topological polar surface area (TPSA) is 94.4 Å². The van der Waals surface area contributed by atoms with E-state index in [2.05, 4.69) is 31.1 Å². The van der Waals surface area contributed by atoms with Gasteiger partial charge in [-0.15, -0.1) is 0 Å². The zero-order chi connectivity index (χ0) is 22.4. The second-order valence-corrected chi connectivity index (χ2v) is 7.88. The molecule has 1 heterocycles. The zero-order valence-corrected chi connectivity index (χ0v) is 17.5. The number of pyridine rings is 1. The lowest BCUT2D eigenvalue weighted by Gasteiger charge is -2.22. The molecule has 0 fully saturated rings. The van der Waals surface area contributed by atoms with Crippen LogP contribution in [-0.2, 0) is 10.2 Å². The first kappa shape index (κ1) is 21.7. The Morgan fingerprint density at radius 1 is 1.10 bits per heavy atom. The van der Waals surface area contributed by atoms with Crippen molar-refractivity contribution in [3.05, 3.63) is 94.2 Å². The van der Waals surface area contributed by atoms with Crippen molar-refractivity contribution >= 4 is 23.4 Å². The Hall–Kier alpha value is -4.00. The second kappa shape index (κ2) is 9.21. The maximum atomic E-state index is 12.4. The lowest BCUT2D eigenvalue weighted by molar-refractivity contribution is -0.384. The number of para-hydroxylation sites is 1. The van der Waals surface area contributed by atoms with Gasteiger partial charge < -0.3 is 10.1 Å². The Morgan fingerprint density at radius 2 is 1.87 bits per heavy atom. The van der Waals surface area contributed by atoms with Gasteiger partial charge in [-0.25, -0.2) is 4.98 Å². The fraction of sp³-hybridized carbons (Fsp3) is 0.167. The van der Waals surface area contributed by atoms with Crippen LogP contribution in [0.4, 0.5) is 11.4 Å². The van der Waals surface area contributed by atoms with E-state index in [9.17, 15) is 14.9 Å². The minimum atomic E-state index is -0.480. The minimum Gasteiger partial charge on any atom is -0.437 e. The van der Waals surface area contributed by atoms with E-state index in [1.165, 1.54) is 24.3 Å². The number of rotatable bonds is 6. The number of hydrogen-bond acceptors (Lipinski definition) is 5. The van der Waals surface area contributed by atoms with Crippen LogP contribution >= 0.6 is 0 Å². The number of nitro groups is 1. The molecule has 7 heteroatoms. The van der Waals surface area contributed by atoms with Gasteiger partial charge in [-0.1, -0.05) is 51.1 Å². The first-order chi connectivity index (χ1) is 14.7. The number of amides is 1. The van der Waals surface area contributed by atoms with Gasteiger partial charge in [-0.05, 0) is 35.3 Å². The van der Waals surface area contributed by atoms with Crippen LogP contribution in [0.3, 0.4) is 0 Å². The van der Waals surface area contributed by atoms with Crippen molar-refractivity contribution in [3.8, 4) is 11.6 Å². The number of nitrogens with one attached hydrogen (secondary N) is 1. The number of non-ortho nitro benzene ring substituents is 1. The molecule has 0 atom stereocenters. The van der Waals surface area contributed by atoms with Gasteiger partial charge in [0.15, 0.2) is 0 Å². The highest BCUT2D eigenvalue weighted by Crippen LogP contribution is 2.35. The van der Waals surface area contributed by atoms with Crippen molar-refractivity contribution < 1.29 is 14.5 Å². The quantitative estimate of drug-likeness (QED) is 0.314. The molecular weight excluding hydrogens is 394 g/mol. The molecule has 7 nitrogen and oxygen atoms in total. The van der Waals surface area contributed by atoms with Crippen LogP contribution < -0.4 is 10.1 Å². The molecule has 0 radical (unpaired) electrons. The van der Waals surface area contributed by atoms with Gasteiger partial charge in [0.05, 0.1) is 4.92 Å². The molecule has 3 rings (SSSR count). The third-order valence-electron chi connectivity index (χ3n) is 4.44. The van der Waals surface area contributed by atoms with E-state index in [0.717, 1.165) is 5.56 Å². The maximum absolute atomic E-state index is 12.4. The molecule has 0 aliphatic carbocycles. The first-order valence-corrected chi connectivity index (χ1v) is 9.70. The van der Waals surface area contributed by atoms with Crippen LogP contribution in [0, 0.1) is 10.1 Å². The summed E-state index contributed by atoms with van der Waals surface area (Å²) in [5, 5.41) is 13.6. The monoisotopic (exact) mass is 417 g/mol. The maximum Gasteiger partial charge on any atom is 0.270 e. The van der Waals surface area contributed by atoms with Crippen LogP contribution in [0.25, 0.3) is 6.08 Å². The predicted octanol–water partition coefficient (Wildman–Crippen LogP) is 5.73. The Balaban J connectivity index is 1.78. The molecule has 1 amide bonds. The van der Waals surface area contributed by atoms with E-state index in [1.807, 2.05) is 24.3 Å². The average Bonchev–Trinajstić information content (AvgIpc) is 2.73. The van der Waals surface area contributed by atoms with E-state index >= 15 is 0 Å². The predicted molar refractivity (Wildman–Crippen MR) is 120 cm³/mol. The molecule has 0 saturated heterocycles. The molecule has 0 spiro atoms. The fourth-order valence-corrected chi connectivity index (χ4v) is 2.94. The first-order valence-electron chi connectivity index (χ1n) is 9.70. The van der Waals surface area contributed by atoms with Gasteiger partial charge >= 0.3 is 0 Å². The molecule has 1 N–H and O–H groups in total. The van der Waals surface area contributed by atoms with Crippen molar-refractivity contribution in [3.63, 3.8) is 0 Å². The highest BCUT2D eigenvalue weighted by Gasteiger charge is 2.20. The van der Waals surface area contributed by atoms with E-state index in [1.54, 1.807) is 30.5 Å². The van der Waals surface area contributed by atoms with Crippen LogP contribution in [0.2, 0.25) is 0 Å². The van der Waals surface area contributed by atoms with Crippen molar-refractivity contribution in [1.29, 1.82) is 0 Å². The van der Waals surface area contributed by atoms with Gasteiger partial charge in [-0.2, -0.15) is 0 Å². The summed E-state index contributed by atoms with van der Waals surface area (Å²) >= 11 is 0. The lowest BCUT2D eigenvalue weighted by atomic mass is 9.86. The van der Waals surface area contributed by atoms with Crippen LogP contribution in [-0.4, -0.2) is 15.8 Å². The SMILES string of the molecule is CC(C)(C)c1ccccc1Oc1ncccc1NC(=O)C=Cc1cccc([N+](=O)[O-])c1. The number of hydrogen-bond donors (Lipinski definition) is 1. The molecule has 0 saturated carbocycles. The third kappa shape index (κ3) is 5.76. The number of carbonyl (C=O) groups is 1. The number of nitrogens with zero attached hydrogens (tertiary/aromatic N) is 2. The number of aromatic nitrogens is 1. The normalized spacial score (nSPS) is 11.3. The minimum absolute atomic E-state index is 0.0389. The average molecular weight is 417 g/mol. The van der Waals surface area contributed by atoms with Crippen molar-refractivity contribution in [1.82, 2.24) is 4.98 Å². The molecule has 0 aliphatic heterocycles. The molecule has 158 valence electrons. The molecule has 31 heavy (non-hydrogen) atoms. The molecule has 0 aliphatic rings. The molecular formula is C24H23N3O4. The summed E-state index contributed by atoms with van der Waals surface area (Å²) in [6, 6.07) is 17.1. The smallest absolute Gasteiger partial charge is 0.270 e. The van der Waals surface area contributed by atoms with Crippen molar-refractivity contribution in [2.75, 3.05) is 5.32 Å². The fourth-order valence-electron chi connectivity index (χ4n) is 2.94. The lowest BCUT2D eigenvalue weighted by Crippen LogP contribution is -2.13. The molecule has 1 aromatic heterocycles. The third-order valence-corrected chi connectivity index (χ3v) is 4.44. The summed E-state index contributed by atoms with van der Waals surface area (Å²) in [7, 11) is 0. The number of carbonyl (C=O) groups excluding carboxylic acids is 1. The molecule has 2 aromatic carbocycles. The van der Waals surface area contributed by atoms with Crippen LogP contribution in [0.5, 0.6) is 11.6 Å². The molecule has 0 bridgehead atoms. The van der Waals surface area contributed by atoms with Gasteiger partial charge in [0.2, 0.25) is 11.8 Å². The second-order valence-electron chi connectivity index (χ2n) is 7.88. The Morgan fingerprint density at radius 3 is 2.61 bits per heavy atom. The van der Waals surface area contributed by atoms with Crippen molar-refractivity contribution in [2.45, 2.75) is 26.2 Å². The van der Waals surface area contributed by atoms with Crippen molar-refractivity contribution in [2.24, 2.45) is 0 Å². The largest absolute Gasteiger partial charge is 0.437 e. The van der Waals surface area contributed by atoms with E-state index in [4.69, 9.17) is 4.74 Å². The summed E-state index contributed by atoms with van der Waals surface area (Å²) in [4.78, 5) is 27.1. The van der Waals surface area contributed by atoms with E-state index < -0.39 is 10.8 Å². The van der Waals surface area contributed by atoms with Crippen LogP contribution in [0.15, 0.2) is 72.9 Å². The highest BCUT2D eigenvalue weighted by atomic mass is 16.6.